The molecule has 1 aromatic rings. The summed E-state index contributed by atoms with van der Waals surface area (Å²) >= 11 is 0. The van der Waals surface area contributed by atoms with Crippen LogP contribution in [0.15, 0.2) is 12.1 Å². The second-order valence-corrected chi connectivity index (χ2v) is 6.96. The van der Waals surface area contributed by atoms with Crippen molar-refractivity contribution < 1.29 is 9.59 Å². The first kappa shape index (κ1) is 18.5. The Hall–Kier alpha value is -1.84. The lowest BCUT2D eigenvalue weighted by Gasteiger charge is -2.27. The molecule has 4 heteroatoms. The Bertz CT molecular complexity index is 579. The Morgan fingerprint density at radius 2 is 1.54 bits per heavy atom. The zero-order valence-corrected chi connectivity index (χ0v) is 15.5. The normalized spacial score (nSPS) is 15.1. The monoisotopic (exact) mass is 330 g/mol. The molecule has 0 saturated carbocycles. The molecule has 1 aromatic carbocycles. The molecule has 1 fully saturated rings. The van der Waals surface area contributed by atoms with E-state index in [1.165, 1.54) is 18.4 Å². The number of benzene rings is 1. The minimum Gasteiger partial charge on any atom is -0.343 e. The molecule has 1 aliphatic heterocycles. The molecule has 24 heavy (non-hydrogen) atoms. The highest BCUT2D eigenvalue weighted by Gasteiger charge is 2.20. The molecule has 1 saturated heterocycles. The second-order valence-electron chi connectivity index (χ2n) is 6.96. The van der Waals surface area contributed by atoms with Crippen LogP contribution in [0.4, 0.5) is 5.69 Å². The third-order valence-corrected chi connectivity index (χ3v) is 4.79. The van der Waals surface area contributed by atoms with E-state index < -0.39 is 0 Å². The summed E-state index contributed by atoms with van der Waals surface area (Å²) in [6.45, 7) is 9.88. The van der Waals surface area contributed by atoms with Crippen molar-refractivity contribution in [3.05, 3.63) is 28.8 Å². The molecular formula is C20H30N2O2. The molecule has 0 atom stereocenters. The van der Waals surface area contributed by atoms with Crippen LogP contribution in [0.5, 0.6) is 0 Å². The van der Waals surface area contributed by atoms with Gasteiger partial charge in [-0.1, -0.05) is 30.5 Å². The maximum atomic E-state index is 12.5. The summed E-state index contributed by atoms with van der Waals surface area (Å²) < 4.78 is 0. The first-order valence-corrected chi connectivity index (χ1v) is 9.04. The van der Waals surface area contributed by atoms with Gasteiger partial charge in [0.05, 0.1) is 0 Å². The molecule has 0 unspecified atom stereocenters. The Kier molecular flexibility index (Phi) is 6.41. The van der Waals surface area contributed by atoms with Gasteiger partial charge in [-0.15, -0.1) is 0 Å². The smallest absolute Gasteiger partial charge is 0.224 e. The molecule has 0 spiro atoms. The summed E-state index contributed by atoms with van der Waals surface area (Å²) in [5.41, 5.74) is 4.32. The van der Waals surface area contributed by atoms with E-state index in [0.29, 0.717) is 13.0 Å². The van der Waals surface area contributed by atoms with Gasteiger partial charge in [0.25, 0.3) is 0 Å². The van der Waals surface area contributed by atoms with Crippen LogP contribution in [0.1, 0.15) is 55.7 Å². The van der Waals surface area contributed by atoms with Gasteiger partial charge in [0.1, 0.15) is 0 Å². The van der Waals surface area contributed by atoms with Crippen molar-refractivity contribution in [2.75, 3.05) is 24.5 Å². The number of anilines is 1. The molecule has 1 heterocycles. The van der Waals surface area contributed by atoms with Gasteiger partial charge >= 0.3 is 0 Å². The number of aryl methyl sites for hydroxylation is 3. The van der Waals surface area contributed by atoms with Gasteiger partial charge in [0.2, 0.25) is 11.8 Å². The number of carbonyl (C=O) groups is 2. The lowest BCUT2D eigenvalue weighted by Crippen LogP contribution is -2.37. The quantitative estimate of drug-likeness (QED) is 0.843. The standard InChI is InChI=1S/C20H30N2O2/c1-15-13-16(2)20(17(3)14-15)22(18(4)23)12-9-19(24)21-10-7-5-6-8-11-21/h13-14H,5-12H2,1-4H3. The van der Waals surface area contributed by atoms with E-state index in [0.717, 1.165) is 42.7 Å². The molecule has 0 bridgehead atoms. The SMILES string of the molecule is CC(=O)N(CCC(=O)N1CCCCCC1)c1c(C)cc(C)cc1C. The Morgan fingerprint density at radius 1 is 1.00 bits per heavy atom. The molecular weight excluding hydrogens is 300 g/mol. The summed E-state index contributed by atoms with van der Waals surface area (Å²) in [5.74, 6) is 0.166. The van der Waals surface area contributed by atoms with Crippen molar-refractivity contribution in [1.29, 1.82) is 0 Å². The Morgan fingerprint density at radius 3 is 2.04 bits per heavy atom. The molecule has 4 nitrogen and oxygen atoms in total. The summed E-state index contributed by atoms with van der Waals surface area (Å²) in [5, 5.41) is 0. The van der Waals surface area contributed by atoms with Crippen molar-refractivity contribution >= 4 is 17.5 Å². The average molecular weight is 330 g/mol. The molecule has 0 aromatic heterocycles. The van der Waals surface area contributed by atoms with Gasteiger partial charge < -0.3 is 9.80 Å². The van der Waals surface area contributed by atoms with Gasteiger partial charge in [-0.3, -0.25) is 9.59 Å². The van der Waals surface area contributed by atoms with Gasteiger partial charge in [-0.25, -0.2) is 0 Å². The second kappa shape index (κ2) is 8.32. The summed E-state index contributed by atoms with van der Waals surface area (Å²) in [6.07, 6.45) is 5.01. The average Bonchev–Trinajstić information content (AvgIpc) is 2.78. The first-order valence-electron chi connectivity index (χ1n) is 9.04. The molecule has 0 N–H and O–H groups in total. The zero-order valence-electron chi connectivity index (χ0n) is 15.5. The number of hydrogen-bond donors (Lipinski definition) is 0. The minimum absolute atomic E-state index is 0.00582. The van der Waals surface area contributed by atoms with Crippen LogP contribution >= 0.6 is 0 Å². The molecule has 0 radical (unpaired) electrons. The van der Waals surface area contributed by atoms with Crippen LogP contribution in [0.25, 0.3) is 0 Å². The largest absolute Gasteiger partial charge is 0.343 e. The number of rotatable bonds is 4. The van der Waals surface area contributed by atoms with Crippen molar-refractivity contribution in [1.82, 2.24) is 4.90 Å². The number of likely N-dealkylation sites (tertiary alicyclic amines) is 1. The summed E-state index contributed by atoms with van der Waals surface area (Å²) in [6, 6.07) is 4.18. The predicted octanol–water partition coefficient (Wildman–Crippen LogP) is 3.76. The van der Waals surface area contributed by atoms with Crippen LogP contribution in [0.3, 0.4) is 0 Å². The fourth-order valence-corrected chi connectivity index (χ4v) is 3.71. The van der Waals surface area contributed by atoms with E-state index in [1.807, 2.05) is 18.7 Å². The summed E-state index contributed by atoms with van der Waals surface area (Å²) in [4.78, 5) is 28.4. The Balaban J connectivity index is 2.09. The number of carbonyl (C=O) groups excluding carboxylic acids is 2. The highest BCUT2D eigenvalue weighted by atomic mass is 16.2. The van der Waals surface area contributed by atoms with E-state index in [9.17, 15) is 9.59 Å². The van der Waals surface area contributed by atoms with Gasteiger partial charge in [-0.2, -0.15) is 0 Å². The third kappa shape index (κ3) is 4.59. The van der Waals surface area contributed by atoms with Gasteiger partial charge in [-0.05, 0) is 44.7 Å². The maximum Gasteiger partial charge on any atom is 0.224 e. The van der Waals surface area contributed by atoms with Crippen molar-refractivity contribution in [2.45, 2.75) is 59.8 Å². The molecule has 0 aliphatic carbocycles. The van der Waals surface area contributed by atoms with Crippen molar-refractivity contribution in [3.8, 4) is 0 Å². The van der Waals surface area contributed by atoms with Crippen LogP contribution in [-0.4, -0.2) is 36.3 Å². The molecule has 1 aliphatic rings. The number of hydrogen-bond acceptors (Lipinski definition) is 2. The highest BCUT2D eigenvalue weighted by molar-refractivity contribution is 5.94. The van der Waals surface area contributed by atoms with Gasteiger partial charge in [0.15, 0.2) is 0 Å². The van der Waals surface area contributed by atoms with E-state index in [2.05, 4.69) is 19.1 Å². The molecule has 2 rings (SSSR count). The lowest BCUT2D eigenvalue weighted by atomic mass is 10.0. The lowest BCUT2D eigenvalue weighted by molar-refractivity contribution is -0.131. The highest BCUT2D eigenvalue weighted by Crippen LogP contribution is 2.27. The maximum absolute atomic E-state index is 12.5. The minimum atomic E-state index is -0.00582. The van der Waals surface area contributed by atoms with Crippen LogP contribution in [0.2, 0.25) is 0 Å². The number of amides is 2. The van der Waals surface area contributed by atoms with Gasteiger partial charge in [0, 0.05) is 38.7 Å². The first-order chi connectivity index (χ1) is 11.4. The van der Waals surface area contributed by atoms with E-state index in [1.54, 1.807) is 11.8 Å². The van der Waals surface area contributed by atoms with Crippen molar-refractivity contribution in [2.24, 2.45) is 0 Å². The van der Waals surface area contributed by atoms with E-state index >= 15 is 0 Å². The zero-order chi connectivity index (χ0) is 17.7. The van der Waals surface area contributed by atoms with E-state index in [4.69, 9.17) is 0 Å². The van der Waals surface area contributed by atoms with Crippen LogP contribution in [-0.2, 0) is 9.59 Å². The molecule has 2 amide bonds. The van der Waals surface area contributed by atoms with Crippen LogP contribution in [0, 0.1) is 20.8 Å². The molecule has 132 valence electrons. The van der Waals surface area contributed by atoms with E-state index in [-0.39, 0.29) is 11.8 Å². The Labute approximate surface area is 145 Å². The van der Waals surface area contributed by atoms with Crippen molar-refractivity contribution in [3.63, 3.8) is 0 Å². The fraction of sp³-hybridized carbons (Fsp3) is 0.600. The topological polar surface area (TPSA) is 40.6 Å². The number of nitrogens with zero attached hydrogens (tertiary/aromatic N) is 2. The fourth-order valence-electron chi connectivity index (χ4n) is 3.71. The third-order valence-electron chi connectivity index (χ3n) is 4.79. The summed E-state index contributed by atoms with van der Waals surface area (Å²) in [7, 11) is 0. The van der Waals surface area contributed by atoms with Crippen LogP contribution < -0.4 is 4.90 Å². The predicted molar refractivity (Wildman–Crippen MR) is 98.3 cm³/mol.